The van der Waals surface area contributed by atoms with E-state index in [9.17, 15) is 32.3 Å². The SMILES string of the molecule is Nc1nc(/C(=N/OCF)C(=O)C[C@@H]2C(=O)N3C(C(=O)O)=C(C[n+]4cc5sccn5c4CNS(N)(=O)=O)CS[C@H]23)ns1. The van der Waals surface area contributed by atoms with Crippen molar-refractivity contribution in [1.82, 2.24) is 23.4 Å². The van der Waals surface area contributed by atoms with Crippen molar-refractivity contribution < 1.29 is 41.7 Å². The van der Waals surface area contributed by atoms with Crippen LogP contribution in [0.3, 0.4) is 0 Å². The number of nitrogens with two attached hydrogens (primary N) is 2. The number of β-lactam (4-membered cyclic amide) rings is 1. The number of carbonyl (C=O) groups excluding carboxylic acids is 2. The highest BCUT2D eigenvalue weighted by Crippen LogP contribution is 2.45. The van der Waals surface area contributed by atoms with Gasteiger partial charge < -0.3 is 15.7 Å². The Kier molecular flexibility index (Phi) is 8.07. The minimum atomic E-state index is -4.00. The number of thioether (sulfide) groups is 1. The molecule has 2 aliphatic heterocycles. The van der Waals surface area contributed by atoms with Crippen LogP contribution in [-0.4, -0.2) is 73.5 Å². The lowest BCUT2D eigenvalue weighted by Crippen LogP contribution is -2.62. The highest BCUT2D eigenvalue weighted by Gasteiger charge is 2.54. The van der Waals surface area contributed by atoms with Crippen LogP contribution < -0.4 is 20.2 Å². The van der Waals surface area contributed by atoms with E-state index in [0.717, 1.165) is 21.3 Å². The monoisotopic (exact) mass is 646 g/mol. The zero-order valence-corrected chi connectivity index (χ0v) is 23.9. The second-order valence-electron chi connectivity index (χ2n) is 8.69. The number of aromatic nitrogens is 4. The van der Waals surface area contributed by atoms with E-state index < -0.39 is 51.7 Å². The number of oxime groups is 1. The van der Waals surface area contributed by atoms with Gasteiger partial charge in [0.25, 0.3) is 22.9 Å². The number of nitrogens with zero attached hydrogens (tertiary/aromatic N) is 6. The number of carbonyl (C=O) groups is 3. The van der Waals surface area contributed by atoms with Gasteiger partial charge in [0.05, 0.1) is 11.3 Å². The molecule has 1 fully saturated rings. The Morgan fingerprint density at radius 3 is 2.83 bits per heavy atom. The predicted molar refractivity (Wildman–Crippen MR) is 144 cm³/mol. The molecule has 5 heterocycles. The molecule has 218 valence electrons. The quantitative estimate of drug-likeness (QED) is 0.0823. The molecule has 0 aliphatic carbocycles. The first-order valence-electron chi connectivity index (χ1n) is 11.5. The summed E-state index contributed by atoms with van der Waals surface area (Å²) in [5.74, 6) is -2.94. The van der Waals surface area contributed by atoms with Crippen LogP contribution in [0.2, 0.25) is 0 Å². The summed E-state index contributed by atoms with van der Waals surface area (Å²) in [5.41, 5.74) is 5.37. The number of anilines is 1. The Morgan fingerprint density at radius 2 is 2.17 bits per heavy atom. The van der Waals surface area contributed by atoms with E-state index in [1.807, 2.05) is 5.38 Å². The maximum atomic E-state index is 13.2. The first kappa shape index (κ1) is 29.0. The van der Waals surface area contributed by atoms with E-state index in [-0.39, 0.29) is 41.9 Å². The minimum absolute atomic E-state index is 0.0442. The Labute approximate surface area is 242 Å². The van der Waals surface area contributed by atoms with Crippen LogP contribution in [0.25, 0.3) is 4.83 Å². The lowest BCUT2D eigenvalue weighted by molar-refractivity contribution is -0.695. The second-order valence-corrected chi connectivity index (χ2v) is 12.9. The van der Waals surface area contributed by atoms with E-state index >= 15 is 0 Å². The topological polar surface area (TPSA) is 229 Å². The number of fused-ring (bicyclic) bond motifs is 2. The van der Waals surface area contributed by atoms with E-state index in [4.69, 9.17) is 10.9 Å². The van der Waals surface area contributed by atoms with E-state index in [0.29, 0.717) is 11.4 Å². The predicted octanol–water partition coefficient (Wildman–Crippen LogP) is -0.808. The molecule has 0 saturated carbocycles. The van der Waals surface area contributed by atoms with Crippen LogP contribution in [-0.2, 0) is 42.5 Å². The molecule has 0 bridgehead atoms. The van der Waals surface area contributed by atoms with E-state index in [1.165, 1.54) is 23.1 Å². The van der Waals surface area contributed by atoms with Gasteiger partial charge in [-0.25, -0.2) is 18.9 Å². The van der Waals surface area contributed by atoms with Crippen LogP contribution in [0.15, 0.2) is 34.2 Å². The van der Waals surface area contributed by atoms with Gasteiger partial charge in [-0.3, -0.25) is 14.5 Å². The van der Waals surface area contributed by atoms with E-state index in [1.54, 1.807) is 21.4 Å². The fourth-order valence-corrected chi connectivity index (χ4v) is 7.47. The van der Waals surface area contributed by atoms with Gasteiger partial charge in [0.2, 0.25) is 16.6 Å². The summed E-state index contributed by atoms with van der Waals surface area (Å²) in [6.45, 7) is -1.41. The molecule has 3 aromatic rings. The number of carboxylic acid groups (broad SMARTS) is 1. The number of carboxylic acids is 1. The molecule has 0 spiro atoms. The third-order valence-corrected chi connectivity index (χ3v) is 9.48. The molecule has 5 rings (SSSR count). The first-order chi connectivity index (χ1) is 19.5. The average molecular weight is 647 g/mol. The maximum Gasteiger partial charge on any atom is 0.352 e. The number of Topliss-reactive ketones (excluding diaryl/α,β-unsaturated/α-hetero) is 1. The third kappa shape index (κ3) is 5.81. The maximum absolute atomic E-state index is 13.2. The van der Waals surface area contributed by atoms with Crippen LogP contribution in [0.4, 0.5) is 9.52 Å². The number of hydrogen-bond acceptors (Lipinski definition) is 13. The molecule has 6 N–H and O–H groups in total. The molecule has 2 atom stereocenters. The minimum Gasteiger partial charge on any atom is -0.477 e. The summed E-state index contributed by atoms with van der Waals surface area (Å²) < 4.78 is 45.1. The zero-order chi connectivity index (χ0) is 29.5. The van der Waals surface area contributed by atoms with Crippen molar-refractivity contribution in [2.24, 2.45) is 16.2 Å². The number of amides is 1. The van der Waals surface area contributed by atoms with Gasteiger partial charge in [0.1, 0.15) is 31.2 Å². The number of rotatable bonds is 12. The number of halogens is 1. The number of nitrogens with one attached hydrogen (secondary N) is 1. The summed E-state index contributed by atoms with van der Waals surface area (Å²) in [6, 6.07) is 0. The van der Waals surface area contributed by atoms with Gasteiger partial charge in [-0.15, -0.1) is 11.8 Å². The normalized spacial score (nSPS) is 19.4. The number of nitrogen functional groups attached to an aromatic ring is 1. The van der Waals surface area contributed by atoms with Gasteiger partial charge in [-0.05, 0) is 0 Å². The zero-order valence-electron chi connectivity index (χ0n) is 20.7. The molecule has 21 heteroatoms. The van der Waals surface area contributed by atoms with Gasteiger partial charge in [-0.2, -0.15) is 26.9 Å². The molecule has 1 amide bonds. The summed E-state index contributed by atoms with van der Waals surface area (Å²) in [4.78, 5) is 48.7. The smallest absolute Gasteiger partial charge is 0.352 e. The molecule has 16 nitrogen and oxygen atoms in total. The van der Waals surface area contributed by atoms with Gasteiger partial charge >= 0.3 is 5.97 Å². The van der Waals surface area contributed by atoms with Gasteiger partial charge in [0.15, 0.2) is 16.6 Å². The third-order valence-electron chi connectivity index (χ3n) is 6.19. The first-order valence-corrected chi connectivity index (χ1v) is 15.8. The van der Waals surface area contributed by atoms with Gasteiger partial charge in [-0.1, -0.05) is 16.5 Å². The van der Waals surface area contributed by atoms with Crippen molar-refractivity contribution in [3.8, 4) is 0 Å². The molecule has 0 aromatic carbocycles. The van der Waals surface area contributed by atoms with Crippen molar-refractivity contribution in [2.75, 3.05) is 18.3 Å². The fourth-order valence-electron chi connectivity index (χ4n) is 4.51. The number of imidazole rings is 1. The van der Waals surface area contributed by atoms with Crippen molar-refractivity contribution >= 4 is 78.2 Å². The number of thiazole rings is 1. The largest absolute Gasteiger partial charge is 0.477 e. The van der Waals surface area contributed by atoms with Crippen molar-refractivity contribution in [3.05, 3.63) is 40.7 Å². The number of hydrogen-bond donors (Lipinski definition) is 4. The lowest BCUT2D eigenvalue weighted by atomic mass is 9.89. The van der Waals surface area contributed by atoms with Crippen molar-refractivity contribution in [1.29, 1.82) is 0 Å². The summed E-state index contributed by atoms with van der Waals surface area (Å²) in [5, 5.41) is 19.8. The van der Waals surface area contributed by atoms with Crippen molar-refractivity contribution in [2.45, 2.75) is 24.9 Å². The summed E-state index contributed by atoms with van der Waals surface area (Å²) >= 11 is 3.47. The molecule has 2 aliphatic rings. The van der Waals surface area contributed by atoms with Crippen LogP contribution in [0.1, 0.15) is 18.1 Å². The highest BCUT2D eigenvalue weighted by atomic mass is 32.2. The van der Waals surface area contributed by atoms with Crippen LogP contribution >= 0.6 is 34.6 Å². The van der Waals surface area contributed by atoms with Crippen molar-refractivity contribution in [3.63, 3.8) is 0 Å². The van der Waals surface area contributed by atoms with Crippen LogP contribution in [0.5, 0.6) is 0 Å². The highest BCUT2D eigenvalue weighted by molar-refractivity contribution is 8.00. The molecule has 41 heavy (non-hydrogen) atoms. The van der Waals surface area contributed by atoms with Gasteiger partial charge in [0, 0.05) is 34.7 Å². The molecule has 0 unspecified atom stereocenters. The number of aliphatic carboxylic acids is 1. The number of ketones is 1. The Bertz CT molecular complexity index is 1710. The Balaban J connectivity index is 1.38. The summed E-state index contributed by atoms with van der Waals surface area (Å²) in [7, 11) is -4.00. The average Bonchev–Trinajstić information content (AvgIpc) is 3.62. The molecule has 3 aromatic heterocycles. The Hall–Kier alpha value is -3.50. The molecule has 1 saturated heterocycles. The fraction of sp³-hybridized carbons (Fsp3) is 0.350. The van der Waals surface area contributed by atoms with E-state index in [2.05, 4.69) is 24.1 Å². The lowest BCUT2D eigenvalue weighted by Gasteiger charge is -2.49. The molecular formula is C20H21FN9O7S4+. The van der Waals surface area contributed by atoms with Crippen LogP contribution in [0, 0.1) is 5.92 Å². The second kappa shape index (κ2) is 11.4. The Morgan fingerprint density at radius 1 is 1.39 bits per heavy atom. The molecular weight excluding hydrogens is 626 g/mol. The number of alkyl halides is 1. The summed E-state index contributed by atoms with van der Waals surface area (Å²) in [6.07, 6.45) is 3.12. The molecule has 0 radical (unpaired) electrons. The standard InChI is InChI=1S/C20H20FN9O7S4/c21-8-37-26-14(16-25-20(22)40-27-16)11(31)3-10-17(32)30-15(19(33)34)9(7-39-18(10)30)5-28-6-13-29(1-2-38-13)12(28)4-24-41(23,35)36/h1-2,6,10,18,24H,3-5,7-8H2,(H4-,22,23,25,27,33,34,35,36)/p+1/b26-14+/t10-,18-/m1/s1.